The topological polar surface area (TPSA) is 75.3 Å². The van der Waals surface area contributed by atoms with Crippen LogP contribution in [0.3, 0.4) is 0 Å². The number of pyridine rings is 1. The average Bonchev–Trinajstić information content (AvgIpc) is 3.17. The molecule has 0 aliphatic rings. The van der Waals surface area contributed by atoms with Gasteiger partial charge in [0, 0.05) is 30.5 Å². The van der Waals surface area contributed by atoms with Crippen molar-refractivity contribution < 1.29 is 4.42 Å². The first-order valence-corrected chi connectivity index (χ1v) is 9.18. The Morgan fingerprint density at radius 3 is 2.70 bits per heavy atom. The highest BCUT2D eigenvalue weighted by molar-refractivity contribution is 5.79. The Kier molecular flexibility index (Phi) is 6.57. The van der Waals surface area contributed by atoms with Crippen molar-refractivity contribution in [3.8, 4) is 11.5 Å². The van der Waals surface area contributed by atoms with E-state index in [1.807, 2.05) is 56.4 Å². The predicted octanol–water partition coefficient (Wildman–Crippen LogP) is 3.34. The number of nitrogens with one attached hydrogen (secondary N) is 2. The van der Waals surface area contributed by atoms with Gasteiger partial charge < -0.3 is 15.1 Å². The molecule has 6 nitrogen and oxygen atoms in total. The van der Waals surface area contributed by atoms with E-state index < -0.39 is 0 Å². The van der Waals surface area contributed by atoms with Gasteiger partial charge in [-0.05, 0) is 44.0 Å². The first kappa shape index (κ1) is 18.6. The zero-order valence-corrected chi connectivity index (χ0v) is 15.8. The van der Waals surface area contributed by atoms with Gasteiger partial charge in [-0.1, -0.05) is 24.3 Å². The molecule has 140 valence electrons. The Hall–Kier alpha value is -3.15. The second-order valence-corrected chi connectivity index (χ2v) is 6.19. The summed E-state index contributed by atoms with van der Waals surface area (Å²) >= 11 is 0. The van der Waals surface area contributed by atoms with Crippen LogP contribution in [0.1, 0.15) is 23.9 Å². The van der Waals surface area contributed by atoms with Gasteiger partial charge in [0.05, 0.1) is 6.54 Å². The van der Waals surface area contributed by atoms with Gasteiger partial charge in [0.15, 0.2) is 5.96 Å². The fraction of sp³-hybridized carbons (Fsp3) is 0.286. The largest absolute Gasteiger partial charge is 0.444 e. The molecule has 2 N–H and O–H groups in total. The fourth-order valence-electron chi connectivity index (χ4n) is 2.57. The third kappa shape index (κ3) is 5.67. The maximum absolute atomic E-state index is 5.56. The van der Waals surface area contributed by atoms with Gasteiger partial charge in [-0.3, -0.25) is 4.98 Å². The standard InChI is InChI=1S/C21H25N5O/c1-3-22-21(23-12-11-17-10-9-16(2)24-13-17)25-14-19-15-27-20(26-19)18-7-5-4-6-8-18/h4-10,13,15H,3,11-12,14H2,1-2H3,(H2,22,23,25). The zero-order chi connectivity index (χ0) is 18.9. The van der Waals surface area contributed by atoms with Crippen molar-refractivity contribution in [1.82, 2.24) is 20.6 Å². The van der Waals surface area contributed by atoms with Crippen LogP contribution >= 0.6 is 0 Å². The summed E-state index contributed by atoms with van der Waals surface area (Å²) < 4.78 is 5.56. The molecule has 3 rings (SSSR count). The maximum atomic E-state index is 5.56. The Morgan fingerprint density at radius 2 is 1.96 bits per heavy atom. The molecule has 0 fully saturated rings. The molecule has 0 unspecified atom stereocenters. The lowest BCUT2D eigenvalue weighted by Crippen LogP contribution is -2.38. The van der Waals surface area contributed by atoms with Gasteiger partial charge >= 0.3 is 0 Å². The number of oxazole rings is 1. The van der Waals surface area contributed by atoms with Crippen LogP contribution in [0.4, 0.5) is 0 Å². The highest BCUT2D eigenvalue weighted by atomic mass is 16.3. The molecule has 0 saturated heterocycles. The number of benzene rings is 1. The third-order valence-electron chi connectivity index (χ3n) is 3.99. The normalized spacial score (nSPS) is 11.4. The molecule has 27 heavy (non-hydrogen) atoms. The summed E-state index contributed by atoms with van der Waals surface area (Å²) in [6, 6.07) is 14.0. The summed E-state index contributed by atoms with van der Waals surface area (Å²) in [4.78, 5) is 13.4. The van der Waals surface area contributed by atoms with Crippen molar-refractivity contribution in [1.29, 1.82) is 0 Å². The van der Waals surface area contributed by atoms with Crippen LogP contribution < -0.4 is 10.6 Å². The van der Waals surface area contributed by atoms with E-state index in [4.69, 9.17) is 4.42 Å². The molecule has 0 amide bonds. The number of nitrogens with zero attached hydrogens (tertiary/aromatic N) is 3. The second-order valence-electron chi connectivity index (χ2n) is 6.19. The Bertz CT molecular complexity index is 856. The number of rotatable bonds is 7. The van der Waals surface area contributed by atoms with Crippen LogP contribution in [0.5, 0.6) is 0 Å². The van der Waals surface area contributed by atoms with Crippen LogP contribution in [0.25, 0.3) is 11.5 Å². The molecular formula is C21H25N5O. The lowest BCUT2D eigenvalue weighted by atomic mass is 10.2. The summed E-state index contributed by atoms with van der Waals surface area (Å²) in [7, 11) is 0. The SMILES string of the molecule is CCNC(=NCc1coc(-c2ccccc2)n1)NCCc1ccc(C)nc1. The van der Waals surface area contributed by atoms with Gasteiger partial charge in [-0.15, -0.1) is 0 Å². The monoisotopic (exact) mass is 363 g/mol. The predicted molar refractivity (Wildman–Crippen MR) is 107 cm³/mol. The van der Waals surface area contributed by atoms with Gasteiger partial charge in [-0.2, -0.15) is 0 Å². The van der Waals surface area contributed by atoms with E-state index in [9.17, 15) is 0 Å². The summed E-state index contributed by atoms with van der Waals surface area (Å²) in [6.07, 6.45) is 4.47. The van der Waals surface area contributed by atoms with Crippen LogP contribution in [0.2, 0.25) is 0 Å². The summed E-state index contributed by atoms with van der Waals surface area (Å²) in [5.74, 6) is 1.38. The second kappa shape index (κ2) is 9.52. The number of hydrogen-bond donors (Lipinski definition) is 2. The lowest BCUT2D eigenvalue weighted by molar-refractivity contribution is 0.572. The summed E-state index contributed by atoms with van der Waals surface area (Å²) in [5.41, 5.74) is 4.00. The quantitative estimate of drug-likeness (QED) is 0.497. The van der Waals surface area contributed by atoms with Crippen LogP contribution in [-0.2, 0) is 13.0 Å². The first-order valence-electron chi connectivity index (χ1n) is 9.18. The lowest BCUT2D eigenvalue weighted by Gasteiger charge is -2.10. The third-order valence-corrected chi connectivity index (χ3v) is 3.99. The highest BCUT2D eigenvalue weighted by Crippen LogP contribution is 2.18. The molecule has 2 aromatic heterocycles. The Morgan fingerprint density at radius 1 is 1.11 bits per heavy atom. The zero-order valence-electron chi connectivity index (χ0n) is 15.8. The van der Waals surface area contributed by atoms with Crippen molar-refractivity contribution >= 4 is 5.96 Å². The molecule has 0 saturated carbocycles. The van der Waals surface area contributed by atoms with Crippen LogP contribution in [-0.4, -0.2) is 29.0 Å². The van der Waals surface area contributed by atoms with Crippen LogP contribution in [0.15, 0.2) is 64.3 Å². The van der Waals surface area contributed by atoms with E-state index in [1.165, 1.54) is 5.56 Å². The molecule has 0 atom stereocenters. The van der Waals surface area contributed by atoms with E-state index >= 15 is 0 Å². The number of hydrogen-bond acceptors (Lipinski definition) is 4. The highest BCUT2D eigenvalue weighted by Gasteiger charge is 2.06. The minimum atomic E-state index is 0.456. The summed E-state index contributed by atoms with van der Waals surface area (Å²) in [6.45, 7) is 6.07. The molecule has 0 radical (unpaired) electrons. The number of guanidine groups is 1. The van der Waals surface area contributed by atoms with E-state index in [1.54, 1.807) is 6.26 Å². The van der Waals surface area contributed by atoms with Crippen molar-refractivity contribution in [2.24, 2.45) is 4.99 Å². The minimum absolute atomic E-state index is 0.456. The molecule has 3 aromatic rings. The number of aliphatic imine (C=N–C) groups is 1. The molecule has 0 aliphatic carbocycles. The van der Waals surface area contributed by atoms with E-state index in [0.717, 1.165) is 42.4 Å². The van der Waals surface area contributed by atoms with E-state index in [2.05, 4.69) is 31.7 Å². The average molecular weight is 363 g/mol. The van der Waals surface area contributed by atoms with Gasteiger partial charge in [0.1, 0.15) is 12.0 Å². The number of aryl methyl sites for hydroxylation is 1. The van der Waals surface area contributed by atoms with E-state index in [0.29, 0.717) is 12.4 Å². The molecule has 0 aliphatic heterocycles. The van der Waals surface area contributed by atoms with Crippen molar-refractivity contribution in [3.63, 3.8) is 0 Å². The van der Waals surface area contributed by atoms with Gasteiger partial charge in [0.25, 0.3) is 0 Å². The maximum Gasteiger partial charge on any atom is 0.226 e. The van der Waals surface area contributed by atoms with Crippen molar-refractivity contribution in [2.75, 3.05) is 13.1 Å². The van der Waals surface area contributed by atoms with Crippen LogP contribution in [0, 0.1) is 6.92 Å². The summed E-state index contributed by atoms with van der Waals surface area (Å²) in [5, 5.41) is 6.60. The van der Waals surface area contributed by atoms with Crippen molar-refractivity contribution in [3.05, 3.63) is 71.9 Å². The Balaban J connectivity index is 1.55. The number of aromatic nitrogens is 2. The van der Waals surface area contributed by atoms with E-state index in [-0.39, 0.29) is 0 Å². The Labute approximate surface area is 159 Å². The molecule has 0 spiro atoms. The smallest absolute Gasteiger partial charge is 0.226 e. The van der Waals surface area contributed by atoms with Gasteiger partial charge in [-0.25, -0.2) is 9.98 Å². The van der Waals surface area contributed by atoms with Crippen molar-refractivity contribution in [2.45, 2.75) is 26.8 Å². The molecule has 6 heteroatoms. The molecule has 1 aromatic carbocycles. The first-order chi connectivity index (χ1) is 13.2. The molecular weight excluding hydrogens is 338 g/mol. The van der Waals surface area contributed by atoms with Gasteiger partial charge in [0.2, 0.25) is 5.89 Å². The minimum Gasteiger partial charge on any atom is -0.444 e. The fourth-order valence-corrected chi connectivity index (χ4v) is 2.57. The molecule has 0 bridgehead atoms. The molecule has 2 heterocycles.